The zero-order valence-corrected chi connectivity index (χ0v) is 19.4. The molecule has 2 aromatic heterocycles. The first-order valence-electron chi connectivity index (χ1n) is 11.0. The van der Waals surface area contributed by atoms with Gasteiger partial charge in [0.05, 0.1) is 17.3 Å². The molecule has 168 valence electrons. The van der Waals surface area contributed by atoms with E-state index in [-0.39, 0.29) is 35.2 Å². The van der Waals surface area contributed by atoms with Gasteiger partial charge in [0.15, 0.2) is 20.8 Å². The number of hydrogen-bond acceptors (Lipinski definition) is 7. The minimum atomic E-state index is -3.04. The summed E-state index contributed by atoms with van der Waals surface area (Å²) in [5.74, 6) is 1.30. The molecule has 1 atom stereocenters. The highest BCUT2D eigenvalue weighted by molar-refractivity contribution is 7.99. The number of aromatic nitrogens is 4. The van der Waals surface area contributed by atoms with E-state index in [4.69, 9.17) is 0 Å². The van der Waals surface area contributed by atoms with Crippen molar-refractivity contribution in [2.45, 2.75) is 69.2 Å². The molecule has 2 aliphatic rings. The lowest BCUT2D eigenvalue weighted by Crippen LogP contribution is -2.47. The quantitative estimate of drug-likeness (QED) is 0.555. The van der Waals surface area contributed by atoms with Gasteiger partial charge in [-0.3, -0.25) is 9.78 Å². The van der Waals surface area contributed by atoms with Gasteiger partial charge in [-0.1, -0.05) is 31.5 Å². The summed E-state index contributed by atoms with van der Waals surface area (Å²) in [4.78, 5) is 19.3. The molecule has 1 saturated carbocycles. The summed E-state index contributed by atoms with van der Waals surface area (Å²) in [6, 6.07) is 3.77. The maximum absolute atomic E-state index is 13.3. The fraction of sp³-hybridized carbons (Fsp3) is 0.619. The van der Waals surface area contributed by atoms with Crippen LogP contribution in [0.25, 0.3) is 11.4 Å². The van der Waals surface area contributed by atoms with E-state index in [1.807, 2.05) is 21.6 Å². The number of amides is 1. The average Bonchev–Trinajstić information content (AvgIpc) is 3.49. The molecular weight excluding hydrogens is 434 g/mol. The van der Waals surface area contributed by atoms with Crippen LogP contribution in [0.5, 0.6) is 0 Å². The summed E-state index contributed by atoms with van der Waals surface area (Å²) in [5, 5.41) is 9.43. The Kier molecular flexibility index (Phi) is 6.95. The maximum atomic E-state index is 13.3. The average molecular weight is 464 g/mol. The summed E-state index contributed by atoms with van der Waals surface area (Å²) < 4.78 is 26.1. The van der Waals surface area contributed by atoms with Crippen LogP contribution < -0.4 is 0 Å². The van der Waals surface area contributed by atoms with Crippen molar-refractivity contribution in [1.29, 1.82) is 0 Å². The monoisotopic (exact) mass is 463 g/mol. The molecule has 1 amide bonds. The van der Waals surface area contributed by atoms with E-state index in [1.165, 1.54) is 11.8 Å². The van der Waals surface area contributed by atoms with E-state index in [9.17, 15) is 13.2 Å². The van der Waals surface area contributed by atoms with Gasteiger partial charge in [0.1, 0.15) is 0 Å². The highest BCUT2D eigenvalue weighted by Gasteiger charge is 2.39. The Morgan fingerprint density at radius 3 is 2.55 bits per heavy atom. The molecule has 1 aliphatic heterocycles. The van der Waals surface area contributed by atoms with Crippen LogP contribution in [0.1, 0.15) is 45.4 Å². The minimum Gasteiger partial charge on any atom is -0.335 e. The SMILES string of the molecule is CCCn1c(SCC(=O)N(C2CCCC2)C2CCS(=O)(=O)C2)nnc1-c1ccncc1. The summed E-state index contributed by atoms with van der Waals surface area (Å²) in [5.41, 5.74) is 0.942. The van der Waals surface area contributed by atoms with Gasteiger partial charge in [-0.25, -0.2) is 8.42 Å². The molecule has 2 aromatic rings. The van der Waals surface area contributed by atoms with Crippen molar-refractivity contribution in [3.8, 4) is 11.4 Å². The first-order chi connectivity index (χ1) is 15.0. The molecule has 10 heteroatoms. The predicted octanol–water partition coefficient (Wildman–Crippen LogP) is 2.80. The van der Waals surface area contributed by atoms with Crippen molar-refractivity contribution >= 4 is 27.5 Å². The van der Waals surface area contributed by atoms with Gasteiger partial charge < -0.3 is 9.47 Å². The third kappa shape index (κ3) is 5.11. The van der Waals surface area contributed by atoms with Gasteiger partial charge in [-0.05, 0) is 37.8 Å². The lowest BCUT2D eigenvalue weighted by Gasteiger charge is -2.34. The largest absolute Gasteiger partial charge is 0.335 e. The number of carbonyl (C=O) groups excluding carboxylic acids is 1. The van der Waals surface area contributed by atoms with Crippen LogP contribution >= 0.6 is 11.8 Å². The number of pyridine rings is 1. The fourth-order valence-corrected chi connectivity index (χ4v) is 7.16. The lowest BCUT2D eigenvalue weighted by molar-refractivity contribution is -0.132. The summed E-state index contributed by atoms with van der Waals surface area (Å²) in [6.07, 6.45) is 9.05. The first-order valence-corrected chi connectivity index (χ1v) is 13.8. The normalized spacial score (nSPS) is 20.9. The number of carbonyl (C=O) groups is 1. The molecule has 0 radical (unpaired) electrons. The third-order valence-corrected chi connectivity index (χ3v) is 8.74. The number of sulfone groups is 1. The smallest absolute Gasteiger partial charge is 0.233 e. The van der Waals surface area contributed by atoms with Crippen molar-refractivity contribution in [3.63, 3.8) is 0 Å². The fourth-order valence-electron chi connectivity index (χ4n) is 4.62. The van der Waals surface area contributed by atoms with Crippen LogP contribution in [-0.4, -0.2) is 68.3 Å². The Morgan fingerprint density at radius 1 is 1.16 bits per heavy atom. The molecule has 8 nitrogen and oxygen atoms in total. The Labute approximate surface area is 187 Å². The molecule has 0 spiro atoms. The van der Waals surface area contributed by atoms with Crippen LogP contribution in [-0.2, 0) is 21.2 Å². The van der Waals surface area contributed by atoms with E-state index in [0.717, 1.165) is 50.0 Å². The molecule has 0 bridgehead atoms. The molecule has 1 unspecified atom stereocenters. The van der Waals surface area contributed by atoms with Crippen LogP contribution in [0.4, 0.5) is 0 Å². The van der Waals surface area contributed by atoms with E-state index >= 15 is 0 Å². The summed E-state index contributed by atoms with van der Waals surface area (Å²) >= 11 is 1.39. The Hall–Kier alpha value is -1.94. The Balaban J connectivity index is 1.50. The van der Waals surface area contributed by atoms with Gasteiger partial charge in [0.25, 0.3) is 0 Å². The van der Waals surface area contributed by atoms with E-state index in [1.54, 1.807) is 12.4 Å². The molecule has 3 heterocycles. The second-order valence-corrected chi connectivity index (χ2v) is 11.4. The van der Waals surface area contributed by atoms with E-state index in [0.29, 0.717) is 11.6 Å². The highest BCUT2D eigenvalue weighted by atomic mass is 32.2. The van der Waals surface area contributed by atoms with Crippen molar-refractivity contribution < 1.29 is 13.2 Å². The molecule has 0 N–H and O–H groups in total. The minimum absolute atomic E-state index is 0.00973. The summed E-state index contributed by atoms with van der Waals surface area (Å²) in [7, 11) is -3.04. The lowest BCUT2D eigenvalue weighted by atomic mass is 10.1. The number of hydrogen-bond donors (Lipinski definition) is 0. The zero-order valence-electron chi connectivity index (χ0n) is 17.8. The maximum Gasteiger partial charge on any atom is 0.233 e. The second-order valence-electron chi connectivity index (χ2n) is 8.28. The molecule has 31 heavy (non-hydrogen) atoms. The number of thioether (sulfide) groups is 1. The highest BCUT2D eigenvalue weighted by Crippen LogP contribution is 2.31. The molecule has 1 saturated heterocycles. The van der Waals surface area contributed by atoms with Gasteiger partial charge in [0, 0.05) is 36.6 Å². The molecule has 2 fully saturated rings. The van der Waals surface area contributed by atoms with E-state index in [2.05, 4.69) is 22.1 Å². The number of nitrogens with zero attached hydrogens (tertiary/aromatic N) is 5. The van der Waals surface area contributed by atoms with Crippen molar-refractivity contribution in [1.82, 2.24) is 24.6 Å². The Morgan fingerprint density at radius 2 is 1.90 bits per heavy atom. The van der Waals surface area contributed by atoms with Crippen molar-refractivity contribution in [2.24, 2.45) is 0 Å². The van der Waals surface area contributed by atoms with Crippen molar-refractivity contribution in [2.75, 3.05) is 17.3 Å². The summed E-state index contributed by atoms with van der Waals surface area (Å²) in [6.45, 7) is 2.85. The van der Waals surface area contributed by atoms with Crippen LogP contribution in [0.2, 0.25) is 0 Å². The van der Waals surface area contributed by atoms with Gasteiger partial charge in [-0.2, -0.15) is 0 Å². The third-order valence-electron chi connectivity index (χ3n) is 6.04. The topological polar surface area (TPSA) is 98.1 Å². The van der Waals surface area contributed by atoms with Crippen LogP contribution in [0, 0.1) is 0 Å². The first kappa shape index (κ1) is 22.3. The van der Waals surface area contributed by atoms with Crippen molar-refractivity contribution in [3.05, 3.63) is 24.5 Å². The Bertz CT molecular complexity index is 1000. The van der Waals surface area contributed by atoms with Crippen LogP contribution in [0.3, 0.4) is 0 Å². The molecule has 0 aromatic carbocycles. The molecular formula is C21H29N5O3S2. The molecule has 1 aliphatic carbocycles. The molecule has 4 rings (SSSR count). The van der Waals surface area contributed by atoms with Crippen LogP contribution in [0.15, 0.2) is 29.7 Å². The second kappa shape index (κ2) is 9.68. The standard InChI is InChI=1S/C21H29N5O3S2/c1-2-12-25-20(16-7-10-22-11-8-16)23-24-21(25)30-14-19(27)26(17-5-3-4-6-17)18-9-13-31(28,29)15-18/h7-8,10-11,17-18H,2-6,9,12-15H2,1H3. The van der Waals surface area contributed by atoms with Gasteiger partial charge in [0.2, 0.25) is 5.91 Å². The van der Waals surface area contributed by atoms with E-state index < -0.39 is 9.84 Å². The number of rotatable bonds is 8. The van der Waals surface area contributed by atoms with Gasteiger partial charge >= 0.3 is 0 Å². The zero-order chi connectivity index (χ0) is 21.8. The predicted molar refractivity (Wildman–Crippen MR) is 120 cm³/mol. The van der Waals surface area contributed by atoms with Gasteiger partial charge in [-0.15, -0.1) is 10.2 Å².